The molecule has 7 heteroatoms. The quantitative estimate of drug-likeness (QED) is 0.886. The van der Waals surface area contributed by atoms with Crippen molar-refractivity contribution in [2.24, 2.45) is 0 Å². The van der Waals surface area contributed by atoms with Gasteiger partial charge in [0.25, 0.3) is 0 Å². The molecule has 0 aliphatic carbocycles. The molecular formula is C15H23N3O3S. The lowest BCUT2D eigenvalue weighted by molar-refractivity contribution is 0.236. The summed E-state index contributed by atoms with van der Waals surface area (Å²) in [7, 11) is -3.20. The highest BCUT2D eigenvalue weighted by molar-refractivity contribution is 7.88. The summed E-state index contributed by atoms with van der Waals surface area (Å²) in [5.41, 5.74) is 1.89. The number of amides is 2. The lowest BCUT2D eigenvalue weighted by Crippen LogP contribution is -2.50. The monoisotopic (exact) mass is 325 g/mol. The minimum atomic E-state index is -3.20. The Balaban J connectivity index is 1.91. The zero-order valence-electron chi connectivity index (χ0n) is 13.0. The van der Waals surface area contributed by atoms with Gasteiger partial charge in [-0.25, -0.2) is 17.5 Å². The van der Waals surface area contributed by atoms with Crippen LogP contribution in [0.4, 0.5) is 10.5 Å². The molecular weight excluding hydrogens is 302 g/mol. The smallest absolute Gasteiger partial charge is 0.319 e. The van der Waals surface area contributed by atoms with E-state index in [0.717, 1.165) is 30.5 Å². The van der Waals surface area contributed by atoms with Gasteiger partial charge in [-0.2, -0.15) is 0 Å². The molecule has 0 radical (unpaired) electrons. The Morgan fingerprint density at radius 1 is 1.41 bits per heavy atom. The third-order valence-electron chi connectivity index (χ3n) is 3.78. The summed E-state index contributed by atoms with van der Waals surface area (Å²) in [4.78, 5) is 12.0. The zero-order valence-corrected chi connectivity index (χ0v) is 13.8. The van der Waals surface area contributed by atoms with Crippen LogP contribution in [0.3, 0.4) is 0 Å². The summed E-state index contributed by atoms with van der Waals surface area (Å²) in [5, 5.41) is 5.65. The molecule has 0 spiro atoms. The maximum Gasteiger partial charge on any atom is 0.319 e. The van der Waals surface area contributed by atoms with Crippen LogP contribution in [0.25, 0.3) is 0 Å². The van der Waals surface area contributed by atoms with E-state index < -0.39 is 10.0 Å². The fourth-order valence-corrected chi connectivity index (χ4v) is 3.49. The molecule has 2 rings (SSSR count). The first-order chi connectivity index (χ1) is 10.4. The average Bonchev–Trinajstić information content (AvgIpc) is 2.46. The van der Waals surface area contributed by atoms with Gasteiger partial charge in [-0.3, -0.25) is 0 Å². The topological polar surface area (TPSA) is 78.5 Å². The van der Waals surface area contributed by atoms with Crippen LogP contribution in [-0.2, 0) is 16.4 Å². The van der Waals surface area contributed by atoms with Crippen LogP contribution in [-0.4, -0.2) is 44.1 Å². The number of carbonyl (C=O) groups excluding carboxylic acids is 1. The molecule has 22 heavy (non-hydrogen) atoms. The van der Waals surface area contributed by atoms with Crippen LogP contribution >= 0.6 is 0 Å². The number of nitrogens with one attached hydrogen (secondary N) is 2. The Bertz CT molecular complexity index is 631. The number of benzene rings is 1. The molecule has 1 aliphatic heterocycles. The first kappa shape index (κ1) is 16.8. The van der Waals surface area contributed by atoms with E-state index >= 15 is 0 Å². The van der Waals surface area contributed by atoms with E-state index in [1.165, 1.54) is 10.6 Å². The van der Waals surface area contributed by atoms with E-state index in [4.69, 9.17) is 0 Å². The molecule has 1 unspecified atom stereocenters. The van der Waals surface area contributed by atoms with Crippen molar-refractivity contribution in [2.75, 3.05) is 24.7 Å². The van der Waals surface area contributed by atoms with E-state index in [1.807, 2.05) is 24.3 Å². The second kappa shape index (κ2) is 7.11. The molecule has 0 saturated carbocycles. The van der Waals surface area contributed by atoms with Gasteiger partial charge in [-0.05, 0) is 37.0 Å². The molecule has 1 heterocycles. The van der Waals surface area contributed by atoms with Gasteiger partial charge in [-0.1, -0.05) is 19.1 Å². The van der Waals surface area contributed by atoms with E-state index in [0.29, 0.717) is 13.1 Å². The molecule has 1 fully saturated rings. The number of hydrogen-bond donors (Lipinski definition) is 2. The van der Waals surface area contributed by atoms with E-state index in [2.05, 4.69) is 17.6 Å². The van der Waals surface area contributed by atoms with Gasteiger partial charge in [0.1, 0.15) is 0 Å². The van der Waals surface area contributed by atoms with Crippen LogP contribution in [0, 0.1) is 0 Å². The van der Waals surface area contributed by atoms with Crippen molar-refractivity contribution in [3.63, 3.8) is 0 Å². The predicted molar refractivity (Wildman–Crippen MR) is 87.4 cm³/mol. The maximum atomic E-state index is 12.0. The molecule has 2 amide bonds. The number of hydrogen-bond acceptors (Lipinski definition) is 3. The number of carbonyl (C=O) groups is 1. The van der Waals surface area contributed by atoms with Crippen LogP contribution in [0.1, 0.15) is 25.3 Å². The first-order valence-electron chi connectivity index (χ1n) is 7.50. The summed E-state index contributed by atoms with van der Waals surface area (Å²) < 4.78 is 24.6. The van der Waals surface area contributed by atoms with Gasteiger partial charge >= 0.3 is 6.03 Å². The zero-order chi connectivity index (χ0) is 16.2. The van der Waals surface area contributed by atoms with Crippen LogP contribution in [0.5, 0.6) is 0 Å². The van der Waals surface area contributed by atoms with Crippen LogP contribution in [0.15, 0.2) is 24.3 Å². The Morgan fingerprint density at radius 3 is 2.86 bits per heavy atom. The Morgan fingerprint density at radius 2 is 2.18 bits per heavy atom. The van der Waals surface area contributed by atoms with Gasteiger partial charge < -0.3 is 10.6 Å². The summed E-state index contributed by atoms with van der Waals surface area (Å²) >= 11 is 0. The largest absolute Gasteiger partial charge is 0.334 e. The van der Waals surface area contributed by atoms with Crippen molar-refractivity contribution in [2.45, 2.75) is 32.2 Å². The number of aryl methyl sites for hydroxylation is 1. The van der Waals surface area contributed by atoms with Crippen LogP contribution in [0.2, 0.25) is 0 Å². The molecule has 1 atom stereocenters. The Labute approximate surface area is 131 Å². The van der Waals surface area contributed by atoms with Gasteiger partial charge in [0.05, 0.1) is 6.26 Å². The summed E-state index contributed by atoms with van der Waals surface area (Å²) in [6.07, 6.45) is 3.65. The molecule has 122 valence electrons. The van der Waals surface area contributed by atoms with E-state index in [1.54, 1.807) is 0 Å². The van der Waals surface area contributed by atoms with Crippen LogP contribution < -0.4 is 10.6 Å². The number of anilines is 1. The number of sulfonamides is 1. The molecule has 0 aromatic heterocycles. The fraction of sp³-hybridized carbons (Fsp3) is 0.533. The molecule has 1 aromatic carbocycles. The van der Waals surface area contributed by atoms with Gasteiger partial charge in [-0.15, -0.1) is 0 Å². The molecule has 1 aliphatic rings. The summed E-state index contributed by atoms with van der Waals surface area (Å²) in [6, 6.07) is 7.23. The lowest BCUT2D eigenvalue weighted by Gasteiger charge is -2.31. The van der Waals surface area contributed by atoms with Gasteiger partial charge in [0.15, 0.2) is 0 Å². The number of nitrogens with zero attached hydrogens (tertiary/aromatic N) is 1. The Hall–Kier alpha value is -1.60. The van der Waals surface area contributed by atoms with Crippen molar-refractivity contribution >= 4 is 21.7 Å². The summed E-state index contributed by atoms with van der Waals surface area (Å²) in [5.74, 6) is 0. The highest BCUT2D eigenvalue weighted by Crippen LogP contribution is 2.14. The molecule has 1 aromatic rings. The minimum absolute atomic E-state index is 0.155. The SMILES string of the molecule is CCc1cccc(NC(=O)NC2CCCN(S(C)(=O)=O)C2)c1. The highest BCUT2D eigenvalue weighted by atomic mass is 32.2. The summed E-state index contributed by atoms with van der Waals surface area (Å²) in [6.45, 7) is 2.92. The third-order valence-corrected chi connectivity index (χ3v) is 5.05. The van der Waals surface area contributed by atoms with Crippen molar-refractivity contribution in [3.05, 3.63) is 29.8 Å². The second-order valence-corrected chi connectivity index (χ2v) is 7.59. The van der Waals surface area contributed by atoms with Crippen molar-refractivity contribution in [1.29, 1.82) is 0 Å². The maximum absolute atomic E-state index is 12.0. The Kier molecular flexibility index (Phi) is 5.42. The second-order valence-electron chi connectivity index (χ2n) is 5.61. The third kappa shape index (κ3) is 4.71. The van der Waals surface area contributed by atoms with Gasteiger partial charge in [0.2, 0.25) is 10.0 Å². The first-order valence-corrected chi connectivity index (χ1v) is 9.35. The number of rotatable bonds is 4. The van der Waals surface area contributed by atoms with E-state index in [-0.39, 0.29) is 12.1 Å². The highest BCUT2D eigenvalue weighted by Gasteiger charge is 2.26. The number of urea groups is 1. The lowest BCUT2D eigenvalue weighted by atomic mass is 10.1. The molecule has 2 N–H and O–H groups in total. The standard InChI is InChI=1S/C15H23N3O3S/c1-3-12-6-4-7-13(10-12)16-15(19)17-14-8-5-9-18(11-14)22(2,20)21/h4,6-7,10,14H,3,5,8-9,11H2,1-2H3,(H2,16,17,19). The predicted octanol–water partition coefficient (Wildman–Crippen LogP) is 1.79. The van der Waals surface area contributed by atoms with Crippen molar-refractivity contribution < 1.29 is 13.2 Å². The number of piperidine rings is 1. The molecule has 1 saturated heterocycles. The molecule has 6 nitrogen and oxygen atoms in total. The average molecular weight is 325 g/mol. The van der Waals surface area contributed by atoms with Crippen molar-refractivity contribution in [1.82, 2.24) is 9.62 Å². The van der Waals surface area contributed by atoms with Gasteiger partial charge in [0, 0.05) is 24.8 Å². The fourth-order valence-electron chi connectivity index (χ4n) is 2.58. The van der Waals surface area contributed by atoms with E-state index in [9.17, 15) is 13.2 Å². The normalized spacial score (nSPS) is 19.6. The van der Waals surface area contributed by atoms with Crippen molar-refractivity contribution in [3.8, 4) is 0 Å². The minimum Gasteiger partial charge on any atom is -0.334 e. The molecule has 0 bridgehead atoms.